The Bertz CT molecular complexity index is 1290. The lowest BCUT2D eigenvalue weighted by molar-refractivity contribution is -0.137. The minimum Gasteiger partial charge on any atom is -0.448 e. The maximum absolute atomic E-state index is 14.1. The van der Waals surface area contributed by atoms with Crippen LogP contribution in [0.15, 0.2) is 18.2 Å². The van der Waals surface area contributed by atoms with Gasteiger partial charge in [0.25, 0.3) is 5.91 Å². The van der Waals surface area contributed by atoms with Crippen molar-refractivity contribution in [1.82, 2.24) is 19.6 Å². The zero-order chi connectivity index (χ0) is 29.4. The van der Waals surface area contributed by atoms with E-state index >= 15 is 0 Å². The van der Waals surface area contributed by atoms with Crippen molar-refractivity contribution in [2.45, 2.75) is 52.6 Å². The molecule has 14 heteroatoms. The van der Waals surface area contributed by atoms with E-state index in [9.17, 15) is 27.6 Å². The standard InChI is InChI=1S/C26H33F3N6O5/c1-6-39-24(38)35-20-15-34(23(37)40-25(2,3)4)14-18(20)21(31-35)30-22(36)17-8-7-16(13-19(17)26(27,28)29)33-11-9-32(5)10-12-33/h7-8,13H,6,9-12,14-15H2,1-5H3,(H,30,31,36). The number of benzene rings is 1. The summed E-state index contributed by atoms with van der Waals surface area (Å²) in [5.41, 5.74) is -1.51. The highest BCUT2D eigenvalue weighted by atomic mass is 19.4. The number of hydrogen-bond acceptors (Lipinski definition) is 8. The number of alkyl halides is 3. The van der Waals surface area contributed by atoms with Gasteiger partial charge in [0.1, 0.15) is 5.60 Å². The predicted octanol–water partition coefficient (Wildman–Crippen LogP) is 4.16. The lowest BCUT2D eigenvalue weighted by atomic mass is 10.0. The van der Waals surface area contributed by atoms with Crippen LogP contribution in [0.5, 0.6) is 0 Å². The molecule has 1 aromatic heterocycles. The van der Waals surface area contributed by atoms with E-state index in [0.717, 1.165) is 16.8 Å². The molecule has 0 unspecified atom stereocenters. The molecule has 2 aliphatic heterocycles. The minimum atomic E-state index is -4.80. The first-order valence-corrected chi connectivity index (χ1v) is 12.9. The van der Waals surface area contributed by atoms with Gasteiger partial charge in [0.2, 0.25) is 0 Å². The summed E-state index contributed by atoms with van der Waals surface area (Å²) in [5.74, 6) is -1.19. The first-order valence-electron chi connectivity index (χ1n) is 12.9. The van der Waals surface area contributed by atoms with Gasteiger partial charge in [-0.15, -0.1) is 5.10 Å². The minimum absolute atomic E-state index is 0.0412. The maximum atomic E-state index is 14.1. The van der Waals surface area contributed by atoms with Crippen molar-refractivity contribution in [3.8, 4) is 0 Å². The molecule has 40 heavy (non-hydrogen) atoms. The fraction of sp³-hybridized carbons (Fsp3) is 0.538. The first kappa shape index (κ1) is 29.2. The van der Waals surface area contributed by atoms with Crippen LogP contribution in [-0.4, -0.2) is 83.1 Å². The van der Waals surface area contributed by atoms with Crippen molar-refractivity contribution >= 4 is 29.6 Å². The second-order valence-corrected chi connectivity index (χ2v) is 10.7. The van der Waals surface area contributed by atoms with Crippen LogP contribution >= 0.6 is 0 Å². The lowest BCUT2D eigenvalue weighted by Crippen LogP contribution is -2.44. The summed E-state index contributed by atoms with van der Waals surface area (Å²) < 4.78 is 53.6. The van der Waals surface area contributed by atoms with Crippen molar-refractivity contribution in [2.75, 3.05) is 50.1 Å². The number of carbonyl (C=O) groups is 3. The highest BCUT2D eigenvalue weighted by molar-refractivity contribution is 6.05. The van der Waals surface area contributed by atoms with Gasteiger partial charge in [0, 0.05) is 37.4 Å². The molecule has 3 heterocycles. The lowest BCUT2D eigenvalue weighted by Gasteiger charge is -2.34. The molecule has 0 aliphatic carbocycles. The van der Waals surface area contributed by atoms with Gasteiger partial charge in [-0.3, -0.25) is 9.69 Å². The summed E-state index contributed by atoms with van der Waals surface area (Å²) in [6.07, 6.45) is -6.30. The normalized spacial score (nSPS) is 16.1. The van der Waals surface area contributed by atoms with Crippen molar-refractivity contribution in [1.29, 1.82) is 0 Å². The van der Waals surface area contributed by atoms with Gasteiger partial charge in [-0.2, -0.15) is 17.9 Å². The highest BCUT2D eigenvalue weighted by Crippen LogP contribution is 2.36. The van der Waals surface area contributed by atoms with Crippen LogP contribution < -0.4 is 10.2 Å². The Morgan fingerprint density at radius 3 is 2.30 bits per heavy atom. The number of nitrogens with one attached hydrogen (secondary N) is 1. The van der Waals surface area contributed by atoms with Crippen LogP contribution in [0.2, 0.25) is 0 Å². The third-order valence-electron chi connectivity index (χ3n) is 6.53. The van der Waals surface area contributed by atoms with Crippen LogP contribution in [0.25, 0.3) is 0 Å². The Morgan fingerprint density at radius 2 is 1.70 bits per heavy atom. The molecule has 0 saturated carbocycles. The molecule has 1 N–H and O–H groups in total. The summed E-state index contributed by atoms with van der Waals surface area (Å²) in [6.45, 7) is 9.13. The summed E-state index contributed by atoms with van der Waals surface area (Å²) in [7, 11) is 1.94. The maximum Gasteiger partial charge on any atom is 0.435 e. The Morgan fingerprint density at radius 1 is 1.02 bits per heavy atom. The number of aromatic nitrogens is 2. The van der Waals surface area contributed by atoms with Crippen LogP contribution in [0.3, 0.4) is 0 Å². The monoisotopic (exact) mass is 566 g/mol. The zero-order valence-corrected chi connectivity index (χ0v) is 23.1. The van der Waals surface area contributed by atoms with Gasteiger partial charge >= 0.3 is 18.4 Å². The molecular weight excluding hydrogens is 533 g/mol. The van der Waals surface area contributed by atoms with E-state index in [1.54, 1.807) is 27.7 Å². The number of anilines is 2. The number of piperazine rings is 1. The van der Waals surface area contributed by atoms with E-state index in [2.05, 4.69) is 15.3 Å². The zero-order valence-electron chi connectivity index (χ0n) is 23.1. The van der Waals surface area contributed by atoms with Gasteiger partial charge in [0.15, 0.2) is 5.82 Å². The number of fused-ring (bicyclic) bond motifs is 1. The molecule has 0 atom stereocenters. The molecule has 2 amide bonds. The summed E-state index contributed by atoms with van der Waals surface area (Å²) in [5, 5.41) is 6.53. The number of carbonyl (C=O) groups excluding carboxylic acids is 3. The molecule has 0 spiro atoms. The Balaban J connectivity index is 1.63. The van der Waals surface area contributed by atoms with E-state index < -0.39 is 41.0 Å². The van der Waals surface area contributed by atoms with Crippen molar-refractivity contribution in [2.24, 2.45) is 0 Å². The fourth-order valence-corrected chi connectivity index (χ4v) is 4.53. The quantitative estimate of drug-likeness (QED) is 0.588. The summed E-state index contributed by atoms with van der Waals surface area (Å²) in [4.78, 5) is 43.7. The molecule has 1 aromatic carbocycles. The van der Waals surface area contributed by atoms with Crippen molar-refractivity contribution in [3.63, 3.8) is 0 Å². The van der Waals surface area contributed by atoms with Crippen LogP contribution in [-0.2, 0) is 28.7 Å². The van der Waals surface area contributed by atoms with Crippen LogP contribution in [0.4, 0.5) is 34.3 Å². The van der Waals surface area contributed by atoms with E-state index in [1.165, 1.54) is 11.0 Å². The summed E-state index contributed by atoms with van der Waals surface area (Å²) >= 11 is 0. The number of amides is 2. The average Bonchev–Trinajstić information content (AvgIpc) is 3.43. The summed E-state index contributed by atoms with van der Waals surface area (Å²) in [6, 6.07) is 3.61. The topological polar surface area (TPSA) is 109 Å². The smallest absolute Gasteiger partial charge is 0.435 e. The molecule has 0 radical (unpaired) electrons. The second kappa shape index (κ2) is 11.0. The van der Waals surface area contributed by atoms with E-state index in [-0.39, 0.29) is 31.2 Å². The third-order valence-corrected chi connectivity index (χ3v) is 6.53. The molecular formula is C26H33F3N6O5. The number of ether oxygens (including phenoxy) is 2. The van der Waals surface area contributed by atoms with Gasteiger partial charge in [0.05, 0.1) is 36.5 Å². The van der Waals surface area contributed by atoms with Gasteiger partial charge < -0.3 is 24.6 Å². The molecule has 4 rings (SSSR count). The van der Waals surface area contributed by atoms with Gasteiger partial charge in [-0.1, -0.05) is 0 Å². The average molecular weight is 567 g/mol. The molecule has 218 valence electrons. The molecule has 11 nitrogen and oxygen atoms in total. The largest absolute Gasteiger partial charge is 0.448 e. The predicted molar refractivity (Wildman–Crippen MR) is 139 cm³/mol. The molecule has 2 aromatic rings. The van der Waals surface area contributed by atoms with Gasteiger partial charge in [-0.25, -0.2) is 9.59 Å². The van der Waals surface area contributed by atoms with E-state index in [0.29, 0.717) is 37.4 Å². The number of rotatable bonds is 4. The van der Waals surface area contributed by atoms with Crippen molar-refractivity contribution in [3.05, 3.63) is 40.6 Å². The third kappa shape index (κ3) is 6.32. The molecule has 1 saturated heterocycles. The SMILES string of the molecule is CCOC(=O)n1nc(NC(=O)c2ccc(N3CCN(C)CC3)cc2C(F)(F)F)c2c1CN(C(=O)OC(C)(C)C)C2. The highest BCUT2D eigenvalue weighted by Gasteiger charge is 2.38. The van der Waals surface area contributed by atoms with E-state index in [1.807, 2.05) is 11.9 Å². The number of halogens is 3. The van der Waals surface area contributed by atoms with Crippen molar-refractivity contribution < 1.29 is 37.0 Å². The first-order chi connectivity index (χ1) is 18.7. The Hall–Kier alpha value is -3.81. The fourth-order valence-electron chi connectivity index (χ4n) is 4.53. The Labute approximate surface area is 229 Å². The van der Waals surface area contributed by atoms with Crippen LogP contribution in [0, 0.1) is 0 Å². The molecule has 1 fully saturated rings. The van der Waals surface area contributed by atoms with E-state index in [4.69, 9.17) is 9.47 Å². The molecule has 0 bridgehead atoms. The molecule has 2 aliphatic rings. The Kier molecular flexibility index (Phi) is 8.01. The number of likely N-dealkylation sites (N-methyl/N-ethyl adjacent to an activating group) is 1. The number of hydrogen-bond donors (Lipinski definition) is 1. The number of nitrogens with zero attached hydrogens (tertiary/aromatic N) is 5. The van der Waals surface area contributed by atoms with Gasteiger partial charge in [-0.05, 0) is 52.9 Å². The van der Waals surface area contributed by atoms with Crippen LogP contribution in [0.1, 0.15) is 54.9 Å². The second-order valence-electron chi connectivity index (χ2n) is 10.7.